The molecule has 0 aliphatic carbocycles. The van der Waals surface area contributed by atoms with E-state index in [1.807, 2.05) is 12.3 Å². The Kier molecular flexibility index (Phi) is 15.2. The Morgan fingerprint density at radius 1 is 1.44 bits per heavy atom. The van der Waals surface area contributed by atoms with Gasteiger partial charge in [0.15, 0.2) is 0 Å². The molecule has 10 nitrogen and oxygen atoms in total. The summed E-state index contributed by atoms with van der Waals surface area (Å²) in [7, 11) is 1.60. The summed E-state index contributed by atoms with van der Waals surface area (Å²) in [5, 5.41) is 5.06. The third-order valence-corrected chi connectivity index (χ3v) is 8.85. The van der Waals surface area contributed by atoms with Gasteiger partial charge in [-0.2, -0.15) is 0 Å². The van der Waals surface area contributed by atoms with Crippen molar-refractivity contribution in [1.82, 2.24) is 14.7 Å². The number of primary amides is 1. The second-order valence-electron chi connectivity index (χ2n) is 10.0. The minimum absolute atomic E-state index is 0.0428. The first kappa shape index (κ1) is 33.9. The van der Waals surface area contributed by atoms with Crippen LogP contribution < -0.4 is 17.0 Å². The lowest BCUT2D eigenvalue weighted by atomic mass is 9.80. The van der Waals surface area contributed by atoms with Crippen LogP contribution in [0.2, 0.25) is 0 Å². The van der Waals surface area contributed by atoms with Gasteiger partial charge < -0.3 is 19.9 Å². The van der Waals surface area contributed by atoms with Gasteiger partial charge in [0, 0.05) is 55.1 Å². The van der Waals surface area contributed by atoms with Gasteiger partial charge >= 0.3 is 0 Å². The average Bonchev–Trinajstić information content (AvgIpc) is 3.27. The molecule has 220 valence electrons. The van der Waals surface area contributed by atoms with Crippen molar-refractivity contribution in [2.45, 2.75) is 51.6 Å². The molecule has 4 heterocycles. The van der Waals surface area contributed by atoms with Gasteiger partial charge in [0.25, 0.3) is 0 Å². The maximum atomic E-state index is 12.3. The number of allylic oxidation sites excluding steroid dienone is 2. The van der Waals surface area contributed by atoms with Crippen molar-refractivity contribution >= 4 is 50.9 Å². The quantitative estimate of drug-likeness (QED) is 0.0952. The number of carbonyl (C=O) groups excluding carboxylic acids is 2. The molecule has 1 aromatic heterocycles. The Labute approximate surface area is 248 Å². The van der Waals surface area contributed by atoms with Crippen molar-refractivity contribution < 1.29 is 23.8 Å². The maximum Gasteiger partial charge on any atom is 0.246 e. The summed E-state index contributed by atoms with van der Waals surface area (Å²) >= 11 is 6.73. The number of amides is 1. The number of hydrogen-bond acceptors (Lipinski definition) is 11. The number of nitrogens with one attached hydrogen (secondary N) is 1. The summed E-state index contributed by atoms with van der Waals surface area (Å²) in [5.74, 6) is 6.32. The van der Waals surface area contributed by atoms with Gasteiger partial charge in [-0.1, -0.05) is 31.5 Å². The smallest absolute Gasteiger partial charge is 0.246 e. The highest BCUT2D eigenvalue weighted by molar-refractivity contribution is 9.10. The van der Waals surface area contributed by atoms with Crippen LogP contribution in [0.4, 0.5) is 0 Å². The molecule has 39 heavy (non-hydrogen) atoms. The van der Waals surface area contributed by atoms with Crippen LogP contribution in [0.25, 0.3) is 0 Å². The number of nitrogens with zero attached hydrogens (tertiary/aromatic N) is 2. The van der Waals surface area contributed by atoms with Crippen LogP contribution in [0.15, 0.2) is 33.8 Å². The molecule has 3 saturated heterocycles. The summed E-state index contributed by atoms with van der Waals surface area (Å²) in [4.78, 5) is 27.1. The molecule has 3 atom stereocenters. The second kappa shape index (κ2) is 17.5. The number of unbranched alkanes of at least 4 members (excludes halogenated alkanes) is 1. The standard InChI is InChI=1S/C17H25BrN4O2S2.C5H9NO2.C4H8O/c18-15-8-25-16(21-15)13(7-14(23)3-1-2-5-20-19)4-6-26-22-9-17(10-22)11-24-12-17;1-3-2-8-4(3)5(6)7;1-4(2)5-3/h4,6,8,13,20H,1-3,5,7,9-12,19H2;3-4H,2H2,1H3,(H2,6,7);1H2,2-3H3. The van der Waals surface area contributed by atoms with E-state index < -0.39 is 0 Å². The van der Waals surface area contributed by atoms with Gasteiger partial charge in [0.1, 0.15) is 21.5 Å². The van der Waals surface area contributed by atoms with Gasteiger partial charge in [-0.3, -0.25) is 20.9 Å². The number of Topliss-reactive ketones (excluding diaryl/α,β-unsaturated/α-hetero) is 1. The molecule has 1 spiro atoms. The lowest BCUT2D eigenvalue weighted by Crippen LogP contribution is -2.63. The highest BCUT2D eigenvalue weighted by atomic mass is 79.9. The first-order chi connectivity index (χ1) is 18.6. The Balaban J connectivity index is 0.000000337. The van der Waals surface area contributed by atoms with Gasteiger partial charge in [-0.25, -0.2) is 9.29 Å². The summed E-state index contributed by atoms with van der Waals surface area (Å²) in [6, 6.07) is 0. The van der Waals surface area contributed by atoms with Crippen molar-refractivity contribution in [3.63, 3.8) is 0 Å². The predicted octanol–water partition coefficient (Wildman–Crippen LogP) is 3.75. The molecule has 3 fully saturated rings. The molecule has 4 rings (SSSR count). The van der Waals surface area contributed by atoms with E-state index in [0.717, 1.165) is 61.1 Å². The third-order valence-electron chi connectivity index (χ3n) is 6.33. The van der Waals surface area contributed by atoms with Crippen LogP contribution >= 0.6 is 39.2 Å². The Morgan fingerprint density at radius 3 is 2.54 bits per heavy atom. The van der Waals surface area contributed by atoms with Gasteiger partial charge in [0.05, 0.1) is 32.7 Å². The Bertz CT molecular complexity index is 951. The van der Waals surface area contributed by atoms with Gasteiger partial charge in [-0.15, -0.1) is 11.3 Å². The maximum absolute atomic E-state index is 12.3. The van der Waals surface area contributed by atoms with Crippen LogP contribution in [0, 0.1) is 11.3 Å². The molecular weight excluding hydrogens is 606 g/mol. The average molecular weight is 649 g/mol. The molecular formula is C26H42BrN5O5S2. The number of hydrogen-bond donors (Lipinski definition) is 3. The minimum atomic E-state index is -0.344. The van der Waals surface area contributed by atoms with Crippen molar-refractivity contribution in [2.75, 3.05) is 46.6 Å². The molecule has 5 N–H and O–H groups in total. The summed E-state index contributed by atoms with van der Waals surface area (Å²) in [5.41, 5.74) is 7.97. The first-order valence-corrected chi connectivity index (χ1v) is 15.4. The van der Waals surface area contributed by atoms with Crippen LogP contribution in [0.5, 0.6) is 0 Å². The van der Waals surface area contributed by atoms with E-state index in [0.29, 0.717) is 30.8 Å². The number of halogens is 1. The lowest BCUT2D eigenvalue weighted by molar-refractivity contribution is -0.164. The van der Waals surface area contributed by atoms with Crippen LogP contribution in [-0.2, 0) is 23.8 Å². The van der Waals surface area contributed by atoms with Crippen molar-refractivity contribution in [3.8, 4) is 0 Å². The molecule has 0 bridgehead atoms. The number of carbonyl (C=O) groups is 2. The number of ether oxygens (including phenoxy) is 3. The highest BCUT2D eigenvalue weighted by Crippen LogP contribution is 2.41. The van der Waals surface area contributed by atoms with Crippen molar-refractivity contribution in [3.05, 3.63) is 38.8 Å². The van der Waals surface area contributed by atoms with E-state index in [4.69, 9.17) is 21.1 Å². The zero-order valence-corrected chi connectivity index (χ0v) is 26.2. The number of hydrazine groups is 1. The fraction of sp³-hybridized carbons (Fsp3) is 0.654. The molecule has 13 heteroatoms. The topological polar surface area (TPSA) is 142 Å². The lowest BCUT2D eigenvalue weighted by Gasteiger charge is -2.54. The van der Waals surface area contributed by atoms with E-state index in [1.54, 1.807) is 37.3 Å². The summed E-state index contributed by atoms with van der Waals surface area (Å²) < 4.78 is 17.9. The Morgan fingerprint density at radius 2 is 2.13 bits per heavy atom. The largest absolute Gasteiger partial charge is 0.502 e. The SMILES string of the molecule is C=C(C)OC.CC1COC1C(N)=O.NNCCCCC(=O)CC(C=CSN1CC2(COC2)C1)c1nc(Br)cs1. The molecule has 3 unspecified atom stereocenters. The van der Waals surface area contributed by atoms with Crippen molar-refractivity contribution in [2.24, 2.45) is 22.9 Å². The van der Waals surface area contributed by atoms with E-state index in [2.05, 4.69) is 53.4 Å². The number of rotatable bonds is 13. The molecule has 0 aromatic carbocycles. The highest BCUT2D eigenvalue weighted by Gasteiger charge is 2.49. The van der Waals surface area contributed by atoms with E-state index in [9.17, 15) is 9.59 Å². The monoisotopic (exact) mass is 647 g/mol. The van der Waals surface area contributed by atoms with Crippen molar-refractivity contribution in [1.29, 1.82) is 0 Å². The molecule has 0 saturated carbocycles. The molecule has 0 radical (unpaired) electrons. The number of thiazole rings is 1. The number of nitrogens with two attached hydrogens (primary N) is 2. The van der Waals surface area contributed by atoms with E-state index in [1.165, 1.54) is 0 Å². The zero-order chi connectivity index (χ0) is 28.8. The predicted molar refractivity (Wildman–Crippen MR) is 160 cm³/mol. The minimum Gasteiger partial charge on any atom is -0.502 e. The van der Waals surface area contributed by atoms with Gasteiger partial charge in [0.2, 0.25) is 5.91 Å². The fourth-order valence-electron chi connectivity index (χ4n) is 3.88. The third kappa shape index (κ3) is 12.0. The fourth-order valence-corrected chi connectivity index (χ4v) is 6.36. The van der Waals surface area contributed by atoms with Crippen LogP contribution in [-0.4, -0.2) is 73.6 Å². The van der Waals surface area contributed by atoms with Crippen LogP contribution in [0.1, 0.15) is 50.5 Å². The van der Waals surface area contributed by atoms with E-state index in [-0.39, 0.29) is 23.7 Å². The summed E-state index contributed by atoms with van der Waals surface area (Å²) in [6.07, 6.45) is 4.70. The first-order valence-electron chi connectivity index (χ1n) is 12.9. The molecule has 3 aliphatic rings. The number of methoxy groups -OCH3 is 1. The van der Waals surface area contributed by atoms with E-state index >= 15 is 0 Å². The Hall–Kier alpha value is -1.32. The van der Waals surface area contributed by atoms with Gasteiger partial charge in [-0.05, 0) is 41.1 Å². The molecule has 1 amide bonds. The zero-order valence-electron chi connectivity index (χ0n) is 23.0. The molecule has 1 aromatic rings. The normalized spacial score (nSPS) is 21.8. The number of ketones is 1. The summed E-state index contributed by atoms with van der Waals surface area (Å²) in [6.45, 7) is 12.6. The number of aromatic nitrogens is 1. The molecule has 3 aliphatic heterocycles. The van der Waals surface area contributed by atoms with Crippen LogP contribution in [0.3, 0.4) is 0 Å². The second-order valence-corrected chi connectivity index (χ2v) is 12.7.